The Morgan fingerprint density at radius 2 is 2.11 bits per heavy atom. The number of carbonyl (C=O) groups is 1. The molecule has 1 aromatic carbocycles. The lowest BCUT2D eigenvalue weighted by atomic mass is 9.92. The van der Waals surface area contributed by atoms with Gasteiger partial charge in [-0.25, -0.2) is 0 Å². The zero-order valence-corrected chi connectivity index (χ0v) is 16.6. The maximum atomic E-state index is 12.6. The molecular formula is C19H27ClN4O3. The fourth-order valence-electron chi connectivity index (χ4n) is 3.37. The molecule has 7 nitrogen and oxygen atoms in total. The third kappa shape index (κ3) is 5.20. The first-order valence-corrected chi connectivity index (χ1v) is 9.07. The summed E-state index contributed by atoms with van der Waals surface area (Å²) in [5.41, 5.74) is 6.69. The largest absolute Gasteiger partial charge is 0.497 e. The molecule has 8 heteroatoms. The Hall–Kier alpha value is -2.12. The molecule has 1 saturated heterocycles. The Morgan fingerprint density at radius 1 is 1.37 bits per heavy atom. The van der Waals surface area contributed by atoms with Gasteiger partial charge in [-0.15, -0.1) is 12.4 Å². The second-order valence-electron chi connectivity index (χ2n) is 6.85. The molecule has 0 spiro atoms. The Balaban J connectivity index is 0.00000261. The van der Waals surface area contributed by atoms with Gasteiger partial charge in [0.05, 0.1) is 7.11 Å². The van der Waals surface area contributed by atoms with Crippen LogP contribution in [0.4, 0.5) is 0 Å². The van der Waals surface area contributed by atoms with Crippen molar-refractivity contribution in [2.24, 2.45) is 11.7 Å². The number of piperidine rings is 1. The van der Waals surface area contributed by atoms with Crippen LogP contribution in [0.2, 0.25) is 0 Å². The summed E-state index contributed by atoms with van der Waals surface area (Å²) in [6.07, 6.45) is 2.80. The molecular weight excluding hydrogens is 368 g/mol. The minimum absolute atomic E-state index is 0. The molecule has 1 amide bonds. The average molecular weight is 395 g/mol. The zero-order valence-electron chi connectivity index (χ0n) is 15.8. The topological polar surface area (TPSA) is 94.5 Å². The summed E-state index contributed by atoms with van der Waals surface area (Å²) in [6.45, 7) is 3.50. The van der Waals surface area contributed by atoms with Crippen molar-refractivity contribution in [3.63, 3.8) is 0 Å². The summed E-state index contributed by atoms with van der Waals surface area (Å²) in [6, 6.07) is 7.58. The molecule has 0 saturated carbocycles. The number of carbonyl (C=O) groups excluding carboxylic acids is 1. The zero-order chi connectivity index (χ0) is 18.5. The van der Waals surface area contributed by atoms with Crippen LogP contribution in [0.15, 0.2) is 28.8 Å². The summed E-state index contributed by atoms with van der Waals surface area (Å²) in [5, 5.41) is 4.00. The Kier molecular flexibility index (Phi) is 7.62. The fraction of sp³-hybridized carbons (Fsp3) is 0.526. The van der Waals surface area contributed by atoms with Gasteiger partial charge in [-0.05, 0) is 43.0 Å². The molecule has 3 rings (SSSR count). The molecule has 1 aliphatic rings. The molecule has 1 aromatic heterocycles. The van der Waals surface area contributed by atoms with E-state index in [9.17, 15) is 4.79 Å². The van der Waals surface area contributed by atoms with E-state index in [1.807, 2.05) is 29.2 Å². The number of likely N-dealkylation sites (tertiary alicyclic amines) is 1. The third-order valence-corrected chi connectivity index (χ3v) is 4.94. The van der Waals surface area contributed by atoms with Crippen molar-refractivity contribution in [3.05, 3.63) is 30.2 Å². The predicted molar refractivity (Wildman–Crippen MR) is 105 cm³/mol. The van der Waals surface area contributed by atoms with Crippen molar-refractivity contribution in [2.45, 2.75) is 38.6 Å². The van der Waals surface area contributed by atoms with E-state index in [2.05, 4.69) is 17.1 Å². The summed E-state index contributed by atoms with van der Waals surface area (Å²) >= 11 is 0. The second-order valence-corrected chi connectivity index (χ2v) is 6.85. The molecule has 2 unspecified atom stereocenters. The first kappa shape index (κ1) is 21.2. The smallest absolute Gasteiger partial charge is 0.227 e. The minimum Gasteiger partial charge on any atom is -0.497 e. The molecule has 148 valence electrons. The van der Waals surface area contributed by atoms with E-state index in [0.717, 1.165) is 30.7 Å². The van der Waals surface area contributed by atoms with Gasteiger partial charge in [-0.2, -0.15) is 4.98 Å². The third-order valence-electron chi connectivity index (χ3n) is 4.94. The highest BCUT2D eigenvalue weighted by Crippen LogP contribution is 2.23. The number of amides is 1. The molecule has 1 aliphatic heterocycles. The first-order chi connectivity index (χ1) is 12.6. The lowest BCUT2D eigenvalue weighted by molar-refractivity contribution is -0.135. The normalized spacial score (nSPS) is 19.4. The number of ether oxygens (including phenoxy) is 1. The Morgan fingerprint density at radius 3 is 2.78 bits per heavy atom. The van der Waals surface area contributed by atoms with E-state index < -0.39 is 0 Å². The van der Waals surface area contributed by atoms with Crippen LogP contribution in [0.25, 0.3) is 11.4 Å². The van der Waals surface area contributed by atoms with Gasteiger partial charge in [0.1, 0.15) is 5.75 Å². The second kappa shape index (κ2) is 9.71. The van der Waals surface area contributed by atoms with Gasteiger partial charge in [0.2, 0.25) is 17.6 Å². The van der Waals surface area contributed by atoms with Crippen LogP contribution in [-0.2, 0) is 11.2 Å². The van der Waals surface area contributed by atoms with Crippen LogP contribution in [0.3, 0.4) is 0 Å². The maximum absolute atomic E-state index is 12.6. The number of halogens is 1. The lowest BCUT2D eigenvalue weighted by Crippen LogP contribution is -2.49. The summed E-state index contributed by atoms with van der Waals surface area (Å²) in [5.74, 6) is 2.49. The molecule has 2 N–H and O–H groups in total. The molecule has 2 heterocycles. The molecule has 0 bridgehead atoms. The number of hydrogen-bond donors (Lipinski definition) is 1. The number of methoxy groups -OCH3 is 1. The van der Waals surface area contributed by atoms with Crippen LogP contribution in [0.1, 0.15) is 32.1 Å². The lowest BCUT2D eigenvalue weighted by Gasteiger charge is -2.38. The van der Waals surface area contributed by atoms with Crippen molar-refractivity contribution in [1.29, 1.82) is 0 Å². The van der Waals surface area contributed by atoms with Gasteiger partial charge in [-0.1, -0.05) is 12.1 Å². The van der Waals surface area contributed by atoms with Crippen molar-refractivity contribution in [2.75, 3.05) is 20.2 Å². The molecule has 2 atom stereocenters. The number of nitrogens with two attached hydrogens (primary N) is 1. The highest BCUT2D eigenvalue weighted by atomic mass is 35.5. The number of nitrogens with zero attached hydrogens (tertiary/aromatic N) is 3. The highest BCUT2D eigenvalue weighted by molar-refractivity contribution is 5.85. The van der Waals surface area contributed by atoms with E-state index in [4.69, 9.17) is 15.0 Å². The highest BCUT2D eigenvalue weighted by Gasteiger charge is 2.28. The van der Waals surface area contributed by atoms with Crippen LogP contribution < -0.4 is 10.5 Å². The van der Waals surface area contributed by atoms with Crippen molar-refractivity contribution in [3.8, 4) is 17.1 Å². The molecule has 1 fully saturated rings. The van der Waals surface area contributed by atoms with E-state index in [0.29, 0.717) is 37.0 Å². The Bertz CT molecular complexity index is 735. The van der Waals surface area contributed by atoms with E-state index in [1.54, 1.807) is 7.11 Å². The monoisotopic (exact) mass is 394 g/mol. The quantitative estimate of drug-likeness (QED) is 0.809. The SMILES string of the molecule is COc1ccc(-c2noc(CCC(=O)N3CCC(C)CC3CN)n2)cc1.Cl. The van der Waals surface area contributed by atoms with Crippen LogP contribution in [0, 0.1) is 5.92 Å². The molecule has 2 aromatic rings. The number of aryl methyl sites for hydroxylation is 1. The van der Waals surface area contributed by atoms with Gasteiger partial charge < -0.3 is 19.9 Å². The van der Waals surface area contributed by atoms with Crippen LogP contribution >= 0.6 is 12.4 Å². The van der Waals surface area contributed by atoms with Crippen LogP contribution in [-0.4, -0.2) is 47.2 Å². The number of hydrogen-bond acceptors (Lipinski definition) is 6. The average Bonchev–Trinajstić information content (AvgIpc) is 3.15. The number of benzene rings is 1. The van der Waals surface area contributed by atoms with Gasteiger partial charge in [0.15, 0.2) is 0 Å². The van der Waals surface area contributed by atoms with Gasteiger partial charge >= 0.3 is 0 Å². The standard InChI is InChI=1S/C19H26N4O3.ClH/c1-13-9-10-23(15(11-13)12-20)18(24)8-7-17-21-19(22-26-17)14-3-5-16(25-2)6-4-14;/h3-6,13,15H,7-12,20H2,1-2H3;1H. The number of aromatic nitrogens is 2. The summed E-state index contributed by atoms with van der Waals surface area (Å²) in [7, 11) is 1.62. The minimum atomic E-state index is 0. The summed E-state index contributed by atoms with van der Waals surface area (Å²) < 4.78 is 10.4. The molecule has 27 heavy (non-hydrogen) atoms. The first-order valence-electron chi connectivity index (χ1n) is 9.07. The fourth-order valence-corrected chi connectivity index (χ4v) is 3.37. The van der Waals surface area contributed by atoms with Crippen molar-refractivity contribution < 1.29 is 14.1 Å². The van der Waals surface area contributed by atoms with Crippen LogP contribution in [0.5, 0.6) is 5.75 Å². The molecule has 0 aliphatic carbocycles. The van der Waals surface area contributed by atoms with Crippen molar-refractivity contribution in [1.82, 2.24) is 15.0 Å². The van der Waals surface area contributed by atoms with Gasteiger partial charge in [-0.3, -0.25) is 4.79 Å². The molecule has 0 radical (unpaired) electrons. The van der Waals surface area contributed by atoms with Crippen molar-refractivity contribution >= 4 is 18.3 Å². The number of rotatable bonds is 6. The summed E-state index contributed by atoms with van der Waals surface area (Å²) in [4.78, 5) is 18.9. The van der Waals surface area contributed by atoms with Gasteiger partial charge in [0, 0.05) is 37.5 Å². The van der Waals surface area contributed by atoms with E-state index in [1.165, 1.54) is 0 Å². The van der Waals surface area contributed by atoms with E-state index in [-0.39, 0.29) is 24.4 Å². The Labute approximate surface area is 165 Å². The van der Waals surface area contributed by atoms with Gasteiger partial charge in [0.25, 0.3) is 0 Å². The van der Waals surface area contributed by atoms with E-state index >= 15 is 0 Å². The maximum Gasteiger partial charge on any atom is 0.227 e. The predicted octanol–water partition coefficient (Wildman–Crippen LogP) is 2.69.